The smallest absolute Gasteiger partial charge is 0.255 e. The minimum Gasteiger partial charge on any atom is -0.385 e. The van der Waals surface area contributed by atoms with Crippen LogP contribution in [0.3, 0.4) is 0 Å². The summed E-state index contributed by atoms with van der Waals surface area (Å²) in [4.78, 5) is 12.2. The molecule has 4 heteroatoms. The van der Waals surface area contributed by atoms with Crippen molar-refractivity contribution >= 4 is 28.9 Å². The van der Waals surface area contributed by atoms with Crippen molar-refractivity contribution in [2.24, 2.45) is 0 Å². The second kappa shape index (κ2) is 6.44. The Morgan fingerprint density at radius 3 is 2.50 bits per heavy atom. The van der Waals surface area contributed by atoms with Crippen LogP contribution >= 0.6 is 11.6 Å². The molecule has 2 aromatic carbocycles. The Bertz CT molecular complexity index is 608. The van der Waals surface area contributed by atoms with E-state index in [-0.39, 0.29) is 5.91 Å². The van der Waals surface area contributed by atoms with Crippen molar-refractivity contribution in [3.05, 3.63) is 58.6 Å². The SMILES string of the molecule is CCNc1ccc(C(=O)Nc2cc(C)ccc2Cl)cc1. The predicted molar refractivity (Wildman–Crippen MR) is 84.7 cm³/mol. The Morgan fingerprint density at radius 2 is 1.85 bits per heavy atom. The third kappa shape index (κ3) is 3.52. The minimum atomic E-state index is -0.166. The molecule has 0 radical (unpaired) electrons. The van der Waals surface area contributed by atoms with E-state index in [0.29, 0.717) is 16.3 Å². The lowest BCUT2D eigenvalue weighted by molar-refractivity contribution is 0.102. The van der Waals surface area contributed by atoms with Crippen LogP contribution in [0.4, 0.5) is 11.4 Å². The number of rotatable bonds is 4. The van der Waals surface area contributed by atoms with Gasteiger partial charge in [-0.15, -0.1) is 0 Å². The zero-order chi connectivity index (χ0) is 14.5. The molecule has 0 bridgehead atoms. The summed E-state index contributed by atoms with van der Waals surface area (Å²) in [6.07, 6.45) is 0. The number of amides is 1. The summed E-state index contributed by atoms with van der Waals surface area (Å²) in [5, 5.41) is 6.55. The molecule has 0 saturated heterocycles. The number of anilines is 2. The van der Waals surface area contributed by atoms with Crippen LogP contribution in [0.2, 0.25) is 5.02 Å². The summed E-state index contributed by atoms with van der Waals surface area (Å²) in [5.41, 5.74) is 3.28. The summed E-state index contributed by atoms with van der Waals surface area (Å²) >= 11 is 6.07. The van der Waals surface area contributed by atoms with Crippen molar-refractivity contribution in [1.29, 1.82) is 0 Å². The molecule has 2 aromatic rings. The first kappa shape index (κ1) is 14.4. The van der Waals surface area contributed by atoms with E-state index < -0.39 is 0 Å². The Balaban J connectivity index is 2.13. The summed E-state index contributed by atoms with van der Waals surface area (Å²) in [6, 6.07) is 12.9. The lowest BCUT2D eigenvalue weighted by atomic mass is 10.1. The molecular weight excluding hydrogens is 272 g/mol. The third-order valence-corrected chi connectivity index (χ3v) is 3.23. The molecule has 3 nitrogen and oxygen atoms in total. The van der Waals surface area contributed by atoms with Gasteiger partial charge in [0, 0.05) is 17.8 Å². The van der Waals surface area contributed by atoms with Crippen LogP contribution in [0, 0.1) is 6.92 Å². The fraction of sp³-hybridized carbons (Fsp3) is 0.188. The van der Waals surface area contributed by atoms with Crippen molar-refractivity contribution in [3.63, 3.8) is 0 Å². The van der Waals surface area contributed by atoms with Gasteiger partial charge in [0.25, 0.3) is 5.91 Å². The highest BCUT2D eigenvalue weighted by Crippen LogP contribution is 2.23. The van der Waals surface area contributed by atoms with Crippen molar-refractivity contribution in [2.45, 2.75) is 13.8 Å². The Labute approximate surface area is 124 Å². The molecule has 0 spiro atoms. The van der Waals surface area contributed by atoms with Gasteiger partial charge in [-0.1, -0.05) is 17.7 Å². The van der Waals surface area contributed by atoms with Crippen LogP contribution in [0.5, 0.6) is 0 Å². The van der Waals surface area contributed by atoms with Crippen LogP contribution in [0.1, 0.15) is 22.8 Å². The van der Waals surface area contributed by atoms with Crippen LogP contribution in [-0.2, 0) is 0 Å². The predicted octanol–water partition coefficient (Wildman–Crippen LogP) is 4.33. The molecule has 104 valence electrons. The highest BCUT2D eigenvalue weighted by atomic mass is 35.5. The number of halogens is 1. The van der Waals surface area contributed by atoms with E-state index >= 15 is 0 Å². The molecule has 2 rings (SSSR count). The maximum Gasteiger partial charge on any atom is 0.255 e. The van der Waals surface area contributed by atoms with Gasteiger partial charge in [-0.05, 0) is 55.8 Å². The van der Waals surface area contributed by atoms with Gasteiger partial charge >= 0.3 is 0 Å². The molecule has 0 aromatic heterocycles. The highest BCUT2D eigenvalue weighted by molar-refractivity contribution is 6.34. The van der Waals surface area contributed by atoms with Crippen molar-refractivity contribution in [1.82, 2.24) is 0 Å². The average molecular weight is 289 g/mol. The maximum atomic E-state index is 12.2. The standard InChI is InChI=1S/C16H17ClN2O/c1-3-18-13-7-5-12(6-8-13)16(20)19-15-10-11(2)4-9-14(15)17/h4-10,18H,3H2,1-2H3,(H,19,20). The first-order valence-corrected chi connectivity index (χ1v) is 6.89. The fourth-order valence-electron chi connectivity index (χ4n) is 1.87. The van der Waals surface area contributed by atoms with Crippen LogP contribution in [0.25, 0.3) is 0 Å². The molecule has 0 aliphatic carbocycles. The Kier molecular flexibility index (Phi) is 4.64. The van der Waals surface area contributed by atoms with Crippen LogP contribution < -0.4 is 10.6 Å². The van der Waals surface area contributed by atoms with Crippen LogP contribution in [0.15, 0.2) is 42.5 Å². The molecule has 0 atom stereocenters. The molecule has 1 amide bonds. The number of nitrogens with one attached hydrogen (secondary N) is 2. The van der Waals surface area contributed by atoms with E-state index in [1.807, 2.05) is 38.1 Å². The lowest BCUT2D eigenvalue weighted by Gasteiger charge is -2.09. The monoisotopic (exact) mass is 288 g/mol. The zero-order valence-corrected chi connectivity index (χ0v) is 12.3. The van der Waals surface area contributed by atoms with Gasteiger partial charge in [0.05, 0.1) is 10.7 Å². The molecular formula is C16H17ClN2O. The van der Waals surface area contributed by atoms with E-state index in [0.717, 1.165) is 17.8 Å². The highest BCUT2D eigenvalue weighted by Gasteiger charge is 2.08. The van der Waals surface area contributed by atoms with Gasteiger partial charge < -0.3 is 10.6 Å². The minimum absolute atomic E-state index is 0.166. The molecule has 0 heterocycles. The van der Waals surface area contributed by atoms with E-state index in [1.165, 1.54) is 0 Å². The Hall–Kier alpha value is -2.00. The van der Waals surface area contributed by atoms with Crippen molar-refractivity contribution in [3.8, 4) is 0 Å². The number of carbonyl (C=O) groups is 1. The van der Waals surface area contributed by atoms with Gasteiger partial charge in [0.1, 0.15) is 0 Å². The molecule has 0 unspecified atom stereocenters. The van der Waals surface area contributed by atoms with Crippen LogP contribution in [-0.4, -0.2) is 12.5 Å². The van der Waals surface area contributed by atoms with E-state index in [4.69, 9.17) is 11.6 Å². The van der Waals surface area contributed by atoms with Gasteiger partial charge in [0.15, 0.2) is 0 Å². The molecule has 0 saturated carbocycles. The van der Waals surface area contributed by atoms with E-state index in [2.05, 4.69) is 10.6 Å². The molecule has 0 fully saturated rings. The molecule has 0 aliphatic rings. The average Bonchev–Trinajstić information content (AvgIpc) is 2.44. The van der Waals surface area contributed by atoms with E-state index in [1.54, 1.807) is 18.2 Å². The van der Waals surface area contributed by atoms with Crippen molar-refractivity contribution < 1.29 is 4.79 Å². The van der Waals surface area contributed by atoms with Gasteiger partial charge in [-0.25, -0.2) is 0 Å². The zero-order valence-electron chi connectivity index (χ0n) is 11.5. The van der Waals surface area contributed by atoms with Gasteiger partial charge in [0.2, 0.25) is 0 Å². The largest absolute Gasteiger partial charge is 0.385 e. The maximum absolute atomic E-state index is 12.2. The third-order valence-electron chi connectivity index (χ3n) is 2.90. The number of hydrogen-bond acceptors (Lipinski definition) is 2. The second-order valence-corrected chi connectivity index (χ2v) is 4.95. The number of benzene rings is 2. The quantitative estimate of drug-likeness (QED) is 0.879. The first-order valence-electron chi connectivity index (χ1n) is 6.51. The normalized spacial score (nSPS) is 10.2. The second-order valence-electron chi connectivity index (χ2n) is 4.55. The Morgan fingerprint density at radius 1 is 1.15 bits per heavy atom. The molecule has 20 heavy (non-hydrogen) atoms. The summed E-state index contributed by atoms with van der Waals surface area (Å²) in [5.74, 6) is -0.166. The van der Waals surface area contributed by atoms with E-state index in [9.17, 15) is 4.79 Å². The summed E-state index contributed by atoms with van der Waals surface area (Å²) in [7, 11) is 0. The number of aryl methyl sites for hydroxylation is 1. The number of hydrogen-bond donors (Lipinski definition) is 2. The van der Waals surface area contributed by atoms with Crippen molar-refractivity contribution in [2.75, 3.05) is 17.2 Å². The van der Waals surface area contributed by atoms with Gasteiger partial charge in [-0.2, -0.15) is 0 Å². The summed E-state index contributed by atoms with van der Waals surface area (Å²) < 4.78 is 0. The summed E-state index contributed by atoms with van der Waals surface area (Å²) in [6.45, 7) is 4.84. The molecule has 2 N–H and O–H groups in total. The number of carbonyl (C=O) groups excluding carboxylic acids is 1. The lowest BCUT2D eigenvalue weighted by Crippen LogP contribution is -2.12. The first-order chi connectivity index (χ1) is 9.60. The molecule has 0 aliphatic heterocycles. The fourth-order valence-corrected chi connectivity index (χ4v) is 2.04. The van der Waals surface area contributed by atoms with Gasteiger partial charge in [-0.3, -0.25) is 4.79 Å². The topological polar surface area (TPSA) is 41.1 Å².